The number of fused-ring (bicyclic) bond motifs is 1. The van der Waals surface area contributed by atoms with Crippen molar-refractivity contribution < 1.29 is 18.8 Å². The van der Waals surface area contributed by atoms with E-state index in [1.54, 1.807) is 13.0 Å². The highest BCUT2D eigenvalue weighted by molar-refractivity contribution is 8.20. The molecule has 0 aromatic heterocycles. The SMILES string of the molecule is C=C(S/C(=C\C)C1(O)COC1)[S@](=N)(=O)NC(=O)Nc1c([C@@H](C)C2CC2)ccc2c1CCC2. The lowest BCUT2D eigenvalue weighted by Gasteiger charge is -2.38. The fourth-order valence-corrected chi connectivity index (χ4v) is 6.39. The Morgan fingerprint density at radius 1 is 1.41 bits per heavy atom. The van der Waals surface area contributed by atoms with E-state index in [9.17, 15) is 14.1 Å². The molecule has 32 heavy (non-hydrogen) atoms. The molecule has 0 spiro atoms. The molecule has 2 aliphatic carbocycles. The maximum absolute atomic E-state index is 13.0. The third kappa shape index (κ3) is 4.62. The molecule has 2 fully saturated rings. The average molecular weight is 478 g/mol. The van der Waals surface area contributed by atoms with Crippen molar-refractivity contribution >= 4 is 33.4 Å². The predicted octanol–water partition coefficient (Wildman–Crippen LogP) is 4.64. The number of urea groups is 1. The van der Waals surface area contributed by atoms with Crippen molar-refractivity contribution in [1.82, 2.24) is 4.72 Å². The van der Waals surface area contributed by atoms with Crippen LogP contribution < -0.4 is 10.0 Å². The van der Waals surface area contributed by atoms with E-state index >= 15 is 0 Å². The molecule has 1 aromatic carbocycles. The lowest BCUT2D eigenvalue weighted by atomic mass is 9.91. The number of nitrogens with one attached hydrogen (secondary N) is 3. The Hall–Kier alpha value is -1.81. The van der Waals surface area contributed by atoms with Gasteiger partial charge in [-0.25, -0.2) is 18.5 Å². The van der Waals surface area contributed by atoms with Gasteiger partial charge in [0.05, 0.1) is 17.5 Å². The number of hydrogen-bond acceptors (Lipinski definition) is 6. The topological polar surface area (TPSA) is 112 Å². The van der Waals surface area contributed by atoms with Crippen LogP contribution in [0.15, 0.2) is 33.9 Å². The van der Waals surface area contributed by atoms with Gasteiger partial charge in [-0.15, -0.1) is 0 Å². The summed E-state index contributed by atoms with van der Waals surface area (Å²) in [6.45, 7) is 7.96. The van der Waals surface area contributed by atoms with Crippen molar-refractivity contribution in [1.29, 1.82) is 4.78 Å². The number of rotatable bonds is 8. The van der Waals surface area contributed by atoms with Crippen molar-refractivity contribution in [2.75, 3.05) is 18.5 Å². The number of thioether (sulfide) groups is 1. The van der Waals surface area contributed by atoms with Gasteiger partial charge in [0.25, 0.3) is 0 Å². The summed E-state index contributed by atoms with van der Waals surface area (Å²) >= 11 is 0.954. The molecule has 9 heteroatoms. The standard InChI is InChI=1S/C23H31N3O4S2/c1-4-20(23(28)12-30-13-23)31-15(3)32(24,29)26-22(27)25-21-18(14(2)16-8-9-16)11-10-17-6-5-7-19(17)21/h4,10-11,14,16,28H,3,5-9,12-13H2,1-2H3,(H3,24,25,26,27,29)/b20-4-/t14-,32+/m0/s1. The number of amides is 2. The highest BCUT2D eigenvalue weighted by atomic mass is 32.3. The van der Waals surface area contributed by atoms with Crippen LogP contribution in [0.2, 0.25) is 0 Å². The van der Waals surface area contributed by atoms with Crippen LogP contribution in [0, 0.1) is 10.7 Å². The van der Waals surface area contributed by atoms with Crippen LogP contribution in [0.4, 0.5) is 10.5 Å². The Balaban J connectivity index is 1.48. The number of anilines is 1. The third-order valence-electron chi connectivity index (χ3n) is 6.56. The number of benzene rings is 1. The third-order valence-corrected chi connectivity index (χ3v) is 9.69. The van der Waals surface area contributed by atoms with Crippen LogP contribution >= 0.6 is 11.8 Å². The Bertz CT molecular complexity index is 1070. The highest BCUT2D eigenvalue weighted by Crippen LogP contribution is 2.46. The molecule has 1 saturated heterocycles. The summed E-state index contributed by atoms with van der Waals surface area (Å²) in [7, 11) is -3.67. The molecule has 0 bridgehead atoms. The first kappa shape index (κ1) is 23.4. The molecule has 3 aliphatic rings. The normalized spacial score (nSPS) is 22.3. The largest absolute Gasteiger partial charge is 0.380 e. The predicted molar refractivity (Wildman–Crippen MR) is 129 cm³/mol. The van der Waals surface area contributed by atoms with Crippen molar-refractivity contribution in [2.24, 2.45) is 5.92 Å². The first-order chi connectivity index (χ1) is 15.1. The molecular formula is C23H31N3O4S2. The second kappa shape index (κ2) is 8.85. The number of hydrogen-bond donors (Lipinski definition) is 4. The quantitative estimate of drug-likeness (QED) is 0.436. The number of carbonyl (C=O) groups excluding carboxylic acids is 1. The molecule has 1 saturated carbocycles. The number of aliphatic hydroxyl groups is 1. The van der Waals surface area contributed by atoms with Gasteiger partial charge in [-0.3, -0.25) is 0 Å². The smallest absolute Gasteiger partial charge is 0.331 e. The minimum Gasteiger partial charge on any atom is -0.380 e. The van der Waals surface area contributed by atoms with Crippen LogP contribution in [0.25, 0.3) is 0 Å². The first-order valence-electron chi connectivity index (χ1n) is 11.0. The van der Waals surface area contributed by atoms with E-state index in [4.69, 9.17) is 9.52 Å². The molecule has 7 nitrogen and oxygen atoms in total. The van der Waals surface area contributed by atoms with Crippen molar-refractivity contribution in [2.45, 2.75) is 57.5 Å². The molecule has 1 aliphatic heterocycles. The van der Waals surface area contributed by atoms with E-state index in [0.29, 0.717) is 16.7 Å². The summed E-state index contributed by atoms with van der Waals surface area (Å²) in [5.74, 6) is 0.972. The van der Waals surface area contributed by atoms with Gasteiger partial charge in [-0.2, -0.15) is 0 Å². The monoisotopic (exact) mass is 477 g/mol. The Morgan fingerprint density at radius 3 is 2.72 bits per heavy atom. The summed E-state index contributed by atoms with van der Waals surface area (Å²) in [4.78, 5) is 13.4. The maximum atomic E-state index is 13.0. The van der Waals surface area contributed by atoms with E-state index < -0.39 is 21.5 Å². The zero-order chi connectivity index (χ0) is 23.1. The highest BCUT2D eigenvalue weighted by Gasteiger charge is 2.41. The summed E-state index contributed by atoms with van der Waals surface area (Å²) in [5.41, 5.74) is 3.15. The summed E-state index contributed by atoms with van der Waals surface area (Å²) in [6.07, 6.45) is 7.03. The minimum atomic E-state index is -3.67. The molecule has 2 atom stereocenters. The van der Waals surface area contributed by atoms with Gasteiger partial charge >= 0.3 is 6.03 Å². The van der Waals surface area contributed by atoms with Crippen molar-refractivity contribution in [3.05, 3.63) is 50.6 Å². The first-order valence-corrected chi connectivity index (χ1v) is 13.4. The zero-order valence-electron chi connectivity index (χ0n) is 18.5. The van der Waals surface area contributed by atoms with E-state index in [-0.39, 0.29) is 17.5 Å². The van der Waals surface area contributed by atoms with Gasteiger partial charge in [-0.05, 0) is 67.6 Å². The minimum absolute atomic E-state index is 0.0362. The Morgan fingerprint density at radius 2 is 2.12 bits per heavy atom. The van der Waals surface area contributed by atoms with E-state index in [1.165, 1.54) is 18.4 Å². The van der Waals surface area contributed by atoms with E-state index in [1.807, 2.05) is 0 Å². The summed E-state index contributed by atoms with van der Waals surface area (Å²) < 4.78 is 28.6. The molecule has 0 unspecified atom stereocenters. The zero-order valence-corrected chi connectivity index (χ0v) is 20.2. The maximum Gasteiger partial charge on any atom is 0.331 e. The number of ether oxygens (including phenoxy) is 1. The molecule has 1 heterocycles. The van der Waals surface area contributed by atoms with Gasteiger partial charge in [0.1, 0.15) is 5.60 Å². The molecular weight excluding hydrogens is 446 g/mol. The molecule has 4 N–H and O–H groups in total. The lowest BCUT2D eigenvalue weighted by molar-refractivity contribution is -0.149. The van der Waals surface area contributed by atoms with Gasteiger partial charge in [-0.1, -0.05) is 43.5 Å². The molecule has 1 aromatic rings. The van der Waals surface area contributed by atoms with Crippen molar-refractivity contribution in [3.63, 3.8) is 0 Å². The number of aryl methyl sites for hydroxylation is 1. The number of allylic oxidation sites excluding steroid dienone is 1. The summed E-state index contributed by atoms with van der Waals surface area (Å²) in [5, 5.41) is 13.4. The fraction of sp³-hybridized carbons (Fsp3) is 0.522. The number of carbonyl (C=O) groups is 1. The fourth-order valence-electron chi connectivity index (χ4n) is 4.43. The molecule has 0 radical (unpaired) electrons. The van der Waals surface area contributed by atoms with Gasteiger partial charge in [0.2, 0.25) is 0 Å². The van der Waals surface area contributed by atoms with Crippen LogP contribution in [-0.4, -0.2) is 34.2 Å². The molecule has 174 valence electrons. The Kier molecular flexibility index (Phi) is 6.46. The molecule has 2 amide bonds. The van der Waals surface area contributed by atoms with Crippen LogP contribution in [0.1, 0.15) is 55.7 Å². The second-order valence-corrected chi connectivity index (χ2v) is 12.1. The van der Waals surface area contributed by atoms with Crippen LogP contribution in [0.5, 0.6) is 0 Å². The van der Waals surface area contributed by atoms with E-state index in [0.717, 1.165) is 47.8 Å². The van der Waals surface area contributed by atoms with Gasteiger partial charge in [0, 0.05) is 10.6 Å². The van der Waals surface area contributed by atoms with Crippen LogP contribution in [-0.2, 0) is 27.5 Å². The van der Waals surface area contributed by atoms with Crippen molar-refractivity contribution in [3.8, 4) is 0 Å². The lowest BCUT2D eigenvalue weighted by Crippen LogP contribution is -2.50. The molecule has 4 rings (SSSR count). The summed E-state index contributed by atoms with van der Waals surface area (Å²) in [6, 6.07) is 3.60. The van der Waals surface area contributed by atoms with Gasteiger partial charge in [0.15, 0.2) is 9.92 Å². The van der Waals surface area contributed by atoms with Gasteiger partial charge < -0.3 is 15.2 Å². The van der Waals surface area contributed by atoms with E-state index in [2.05, 4.69) is 35.7 Å². The second-order valence-electron chi connectivity index (χ2n) is 8.91. The average Bonchev–Trinajstić information content (AvgIpc) is 3.46. The Labute approximate surface area is 194 Å². The van der Waals surface area contributed by atoms with Crippen LogP contribution in [0.3, 0.4) is 0 Å².